The van der Waals surface area contributed by atoms with Crippen LogP contribution >= 0.6 is 0 Å². The molecule has 124 valence electrons. The highest BCUT2D eigenvalue weighted by Gasteiger charge is 2.29. The summed E-state index contributed by atoms with van der Waals surface area (Å²) in [6.45, 7) is 4.46. The summed E-state index contributed by atoms with van der Waals surface area (Å²) in [6, 6.07) is 3.31. The number of methoxy groups -OCH3 is 1. The van der Waals surface area contributed by atoms with Gasteiger partial charge in [-0.1, -0.05) is 5.16 Å². The summed E-state index contributed by atoms with van der Waals surface area (Å²) in [6.07, 6.45) is 0. The lowest BCUT2D eigenvalue weighted by molar-refractivity contribution is -0.0174. The van der Waals surface area contributed by atoms with Crippen molar-refractivity contribution in [3.63, 3.8) is 0 Å². The fourth-order valence-electron chi connectivity index (χ4n) is 2.56. The number of ether oxygens (including phenoxy) is 2. The van der Waals surface area contributed by atoms with Crippen molar-refractivity contribution < 1.29 is 19.1 Å². The SMILES string of the molecule is COCc1nc(C2COCCN2Cc2nc(C)ccc2O)no1. The molecule has 0 aromatic carbocycles. The first-order valence-corrected chi connectivity index (χ1v) is 7.46. The Morgan fingerprint density at radius 1 is 1.39 bits per heavy atom. The van der Waals surface area contributed by atoms with Crippen molar-refractivity contribution in [2.45, 2.75) is 26.1 Å². The molecule has 0 radical (unpaired) electrons. The van der Waals surface area contributed by atoms with Gasteiger partial charge in [0.05, 0.1) is 24.9 Å². The minimum absolute atomic E-state index is 0.139. The molecular weight excluding hydrogens is 300 g/mol. The average Bonchev–Trinajstić information content (AvgIpc) is 3.00. The fraction of sp³-hybridized carbons (Fsp3) is 0.533. The summed E-state index contributed by atoms with van der Waals surface area (Å²) in [5, 5.41) is 14.0. The summed E-state index contributed by atoms with van der Waals surface area (Å²) < 4.78 is 15.7. The number of hydrogen-bond donors (Lipinski definition) is 1. The van der Waals surface area contributed by atoms with Crippen molar-refractivity contribution in [2.75, 3.05) is 26.9 Å². The van der Waals surface area contributed by atoms with Gasteiger partial charge >= 0.3 is 0 Å². The Bertz CT molecular complexity index is 661. The van der Waals surface area contributed by atoms with Crippen LogP contribution in [0.4, 0.5) is 0 Å². The predicted octanol–water partition coefficient (Wildman–Crippen LogP) is 1.20. The Kier molecular flexibility index (Phi) is 4.85. The molecular formula is C15H20N4O4. The van der Waals surface area contributed by atoms with E-state index in [4.69, 9.17) is 14.0 Å². The van der Waals surface area contributed by atoms with Gasteiger partial charge in [-0.05, 0) is 19.1 Å². The van der Waals surface area contributed by atoms with E-state index in [0.717, 1.165) is 5.69 Å². The molecule has 1 fully saturated rings. The number of morpholine rings is 1. The molecule has 0 saturated carbocycles. The van der Waals surface area contributed by atoms with Crippen molar-refractivity contribution in [1.82, 2.24) is 20.0 Å². The van der Waals surface area contributed by atoms with Gasteiger partial charge in [0.2, 0.25) is 0 Å². The molecule has 8 heteroatoms. The van der Waals surface area contributed by atoms with E-state index in [1.165, 1.54) is 0 Å². The van der Waals surface area contributed by atoms with Crippen LogP contribution in [0, 0.1) is 6.92 Å². The molecule has 3 rings (SSSR count). The maximum Gasteiger partial charge on any atom is 0.252 e. The second kappa shape index (κ2) is 7.03. The zero-order chi connectivity index (χ0) is 16.2. The zero-order valence-corrected chi connectivity index (χ0v) is 13.2. The van der Waals surface area contributed by atoms with Crippen LogP contribution in [0.1, 0.15) is 29.1 Å². The van der Waals surface area contributed by atoms with E-state index in [1.807, 2.05) is 6.92 Å². The maximum absolute atomic E-state index is 10.0. The number of pyridine rings is 1. The minimum atomic E-state index is -0.139. The molecule has 1 atom stereocenters. The normalized spacial score (nSPS) is 19.1. The number of rotatable bonds is 5. The summed E-state index contributed by atoms with van der Waals surface area (Å²) in [5.41, 5.74) is 1.50. The van der Waals surface area contributed by atoms with Gasteiger partial charge in [-0.3, -0.25) is 9.88 Å². The Morgan fingerprint density at radius 3 is 3.09 bits per heavy atom. The molecule has 1 N–H and O–H groups in total. The van der Waals surface area contributed by atoms with Crippen LogP contribution in [0.25, 0.3) is 0 Å². The largest absolute Gasteiger partial charge is 0.506 e. The van der Waals surface area contributed by atoms with Gasteiger partial charge in [0.25, 0.3) is 5.89 Å². The van der Waals surface area contributed by atoms with E-state index >= 15 is 0 Å². The monoisotopic (exact) mass is 320 g/mol. The number of nitrogens with zero attached hydrogens (tertiary/aromatic N) is 4. The fourth-order valence-corrected chi connectivity index (χ4v) is 2.56. The van der Waals surface area contributed by atoms with Gasteiger partial charge in [0.15, 0.2) is 5.82 Å². The number of aromatic hydroxyl groups is 1. The van der Waals surface area contributed by atoms with E-state index in [-0.39, 0.29) is 18.4 Å². The van der Waals surface area contributed by atoms with Crippen LogP contribution in [0.5, 0.6) is 5.75 Å². The van der Waals surface area contributed by atoms with E-state index in [1.54, 1.807) is 19.2 Å². The first kappa shape index (κ1) is 15.9. The highest BCUT2D eigenvalue weighted by Crippen LogP contribution is 2.26. The van der Waals surface area contributed by atoms with Crippen LogP contribution in [-0.4, -0.2) is 52.0 Å². The molecule has 1 aliphatic heterocycles. The topological polar surface area (TPSA) is 93.7 Å². The van der Waals surface area contributed by atoms with Gasteiger partial charge in [-0.25, -0.2) is 0 Å². The molecule has 0 aliphatic carbocycles. The first-order chi connectivity index (χ1) is 11.2. The summed E-state index contributed by atoms with van der Waals surface area (Å²) in [4.78, 5) is 10.9. The Morgan fingerprint density at radius 2 is 2.26 bits per heavy atom. The van der Waals surface area contributed by atoms with Gasteiger partial charge in [-0.15, -0.1) is 0 Å². The van der Waals surface area contributed by atoms with Crippen molar-refractivity contribution in [1.29, 1.82) is 0 Å². The third kappa shape index (κ3) is 3.66. The molecule has 0 spiro atoms. The average molecular weight is 320 g/mol. The van der Waals surface area contributed by atoms with E-state index in [2.05, 4.69) is 20.0 Å². The first-order valence-electron chi connectivity index (χ1n) is 7.46. The number of hydrogen-bond acceptors (Lipinski definition) is 8. The minimum Gasteiger partial charge on any atom is -0.506 e. The molecule has 0 amide bonds. The van der Waals surface area contributed by atoms with Gasteiger partial charge < -0.3 is 19.1 Å². The molecule has 1 saturated heterocycles. The summed E-state index contributed by atoms with van der Waals surface area (Å²) in [7, 11) is 1.58. The smallest absolute Gasteiger partial charge is 0.252 e. The number of aryl methyl sites for hydroxylation is 1. The highest BCUT2D eigenvalue weighted by molar-refractivity contribution is 5.27. The van der Waals surface area contributed by atoms with E-state index < -0.39 is 0 Å². The van der Waals surface area contributed by atoms with Crippen molar-refractivity contribution >= 4 is 0 Å². The molecule has 1 aliphatic rings. The molecule has 0 bridgehead atoms. The second-order valence-corrected chi connectivity index (χ2v) is 5.46. The van der Waals surface area contributed by atoms with Gasteiger partial charge in [0.1, 0.15) is 12.4 Å². The molecule has 3 heterocycles. The number of aromatic nitrogens is 3. The molecule has 2 aromatic heterocycles. The van der Waals surface area contributed by atoms with Crippen molar-refractivity contribution in [3.8, 4) is 5.75 Å². The van der Waals surface area contributed by atoms with E-state index in [0.29, 0.717) is 43.7 Å². The summed E-state index contributed by atoms with van der Waals surface area (Å²) >= 11 is 0. The second-order valence-electron chi connectivity index (χ2n) is 5.46. The van der Waals surface area contributed by atoms with Gasteiger partial charge in [-0.2, -0.15) is 4.98 Å². The zero-order valence-electron chi connectivity index (χ0n) is 13.2. The molecule has 8 nitrogen and oxygen atoms in total. The predicted molar refractivity (Wildman–Crippen MR) is 79.6 cm³/mol. The van der Waals surface area contributed by atoms with Crippen LogP contribution < -0.4 is 0 Å². The van der Waals surface area contributed by atoms with Crippen LogP contribution in [0.2, 0.25) is 0 Å². The lowest BCUT2D eigenvalue weighted by Gasteiger charge is -2.33. The Hall–Kier alpha value is -2.03. The van der Waals surface area contributed by atoms with E-state index in [9.17, 15) is 5.11 Å². The van der Waals surface area contributed by atoms with Crippen LogP contribution in [0.3, 0.4) is 0 Å². The summed E-state index contributed by atoms with van der Waals surface area (Å²) in [5.74, 6) is 1.18. The van der Waals surface area contributed by atoms with Gasteiger partial charge in [0, 0.05) is 25.9 Å². The lowest BCUT2D eigenvalue weighted by atomic mass is 10.2. The third-order valence-electron chi connectivity index (χ3n) is 3.73. The van der Waals surface area contributed by atoms with Crippen molar-refractivity contribution in [3.05, 3.63) is 35.2 Å². The highest BCUT2D eigenvalue weighted by atomic mass is 16.5. The molecule has 1 unspecified atom stereocenters. The molecule has 2 aromatic rings. The Balaban J connectivity index is 1.79. The lowest BCUT2D eigenvalue weighted by Crippen LogP contribution is -2.39. The van der Waals surface area contributed by atoms with Crippen LogP contribution in [0.15, 0.2) is 16.7 Å². The van der Waals surface area contributed by atoms with Crippen LogP contribution in [-0.2, 0) is 22.6 Å². The quantitative estimate of drug-likeness (QED) is 0.878. The molecule has 23 heavy (non-hydrogen) atoms. The van der Waals surface area contributed by atoms with Crippen molar-refractivity contribution in [2.24, 2.45) is 0 Å². The Labute approximate surface area is 134 Å². The maximum atomic E-state index is 10.0. The third-order valence-corrected chi connectivity index (χ3v) is 3.73. The standard InChI is InChI=1S/C15H20N4O4/c1-10-3-4-13(20)11(16-10)7-19-5-6-22-8-12(19)15-17-14(9-21-2)23-18-15/h3-4,12,20H,5-9H2,1-2H3.